The lowest BCUT2D eigenvalue weighted by Crippen LogP contribution is -2.31. The maximum absolute atomic E-state index is 12.5. The quantitative estimate of drug-likeness (QED) is 0.820. The number of nitrogens with zero attached hydrogens (tertiary/aromatic N) is 3. The Labute approximate surface area is 113 Å². The van der Waals surface area contributed by atoms with Gasteiger partial charge in [0.15, 0.2) is 0 Å². The maximum atomic E-state index is 12.5. The lowest BCUT2D eigenvalue weighted by molar-refractivity contribution is 0.0693. The summed E-state index contributed by atoms with van der Waals surface area (Å²) in [6.07, 6.45) is 0. The highest BCUT2D eigenvalue weighted by Crippen LogP contribution is 2.37. The van der Waals surface area contributed by atoms with Crippen LogP contribution in [0.15, 0.2) is 18.2 Å². The summed E-state index contributed by atoms with van der Waals surface area (Å²) in [5.41, 5.74) is 2.27. The number of fused-ring (bicyclic) bond motifs is 1. The highest BCUT2D eigenvalue weighted by atomic mass is 16.5. The zero-order valence-electron chi connectivity index (χ0n) is 11.4. The van der Waals surface area contributed by atoms with Gasteiger partial charge in [-0.15, -0.1) is 0 Å². The van der Waals surface area contributed by atoms with Gasteiger partial charge in [-0.2, -0.15) is 5.26 Å². The van der Waals surface area contributed by atoms with Crippen LogP contribution in [0, 0.1) is 11.3 Å². The molecule has 1 aliphatic rings. The Morgan fingerprint density at radius 1 is 1.47 bits per heavy atom. The molecule has 0 aliphatic carbocycles. The first kappa shape index (κ1) is 13.4. The van der Waals surface area contributed by atoms with Crippen LogP contribution in [0.1, 0.15) is 22.0 Å². The van der Waals surface area contributed by atoms with Crippen molar-refractivity contribution in [2.24, 2.45) is 0 Å². The molecule has 0 saturated carbocycles. The van der Waals surface area contributed by atoms with Crippen molar-refractivity contribution in [1.82, 2.24) is 4.90 Å². The molecule has 0 aromatic heterocycles. The molecule has 0 fully saturated rings. The Balaban J connectivity index is 2.47. The number of benzene rings is 1. The molecule has 100 valence electrons. The molecule has 0 saturated heterocycles. The molecule has 0 bridgehead atoms. The van der Waals surface area contributed by atoms with Crippen molar-refractivity contribution in [3.05, 3.63) is 29.3 Å². The molecule has 1 amide bonds. The van der Waals surface area contributed by atoms with E-state index in [0.717, 1.165) is 11.3 Å². The molecule has 0 spiro atoms. The molecule has 1 heterocycles. The number of hydrogen-bond acceptors (Lipinski definition) is 4. The van der Waals surface area contributed by atoms with Crippen molar-refractivity contribution >= 4 is 11.6 Å². The number of nitriles is 1. The van der Waals surface area contributed by atoms with Gasteiger partial charge in [0.2, 0.25) is 0 Å². The Bertz CT molecular complexity index is 534. The van der Waals surface area contributed by atoms with Crippen molar-refractivity contribution in [3.63, 3.8) is 0 Å². The number of carbonyl (C=O) groups is 1. The average molecular weight is 259 g/mol. The number of amides is 1. The van der Waals surface area contributed by atoms with E-state index >= 15 is 0 Å². The Morgan fingerprint density at radius 2 is 2.21 bits per heavy atom. The van der Waals surface area contributed by atoms with Crippen molar-refractivity contribution in [2.45, 2.75) is 6.04 Å². The van der Waals surface area contributed by atoms with E-state index in [1.54, 1.807) is 12.0 Å². The predicted octanol–water partition coefficient (Wildman–Crippen LogP) is 1.42. The van der Waals surface area contributed by atoms with Gasteiger partial charge in [0.25, 0.3) is 5.91 Å². The van der Waals surface area contributed by atoms with E-state index in [9.17, 15) is 10.1 Å². The zero-order chi connectivity index (χ0) is 14.0. The van der Waals surface area contributed by atoms with Gasteiger partial charge < -0.3 is 14.5 Å². The lowest BCUT2D eigenvalue weighted by Gasteiger charge is -2.19. The van der Waals surface area contributed by atoms with E-state index in [2.05, 4.69) is 6.07 Å². The highest BCUT2D eigenvalue weighted by Gasteiger charge is 2.38. The minimum absolute atomic E-state index is 0.0945. The summed E-state index contributed by atoms with van der Waals surface area (Å²) < 4.78 is 5.01. The Morgan fingerprint density at radius 3 is 2.79 bits per heavy atom. The molecule has 0 radical (unpaired) electrons. The first-order valence-corrected chi connectivity index (χ1v) is 6.11. The molecule has 1 unspecified atom stereocenters. The predicted molar refractivity (Wildman–Crippen MR) is 72.0 cm³/mol. The second-order valence-corrected chi connectivity index (χ2v) is 4.66. The minimum Gasteiger partial charge on any atom is -0.383 e. The summed E-state index contributed by atoms with van der Waals surface area (Å²) in [7, 11) is 5.37. The van der Waals surface area contributed by atoms with E-state index in [-0.39, 0.29) is 5.91 Å². The molecule has 1 aliphatic heterocycles. The molecular formula is C14H17N3O2. The van der Waals surface area contributed by atoms with E-state index in [1.807, 2.05) is 37.2 Å². The fourth-order valence-electron chi connectivity index (χ4n) is 2.38. The molecule has 2 rings (SSSR count). The second-order valence-electron chi connectivity index (χ2n) is 4.66. The van der Waals surface area contributed by atoms with Crippen LogP contribution in [0.2, 0.25) is 0 Å². The van der Waals surface area contributed by atoms with Crippen LogP contribution in [0.5, 0.6) is 0 Å². The fourth-order valence-corrected chi connectivity index (χ4v) is 2.38. The summed E-state index contributed by atoms with van der Waals surface area (Å²) in [5.74, 6) is -0.0945. The third kappa shape index (κ3) is 2.15. The monoisotopic (exact) mass is 259 g/mol. The first-order valence-electron chi connectivity index (χ1n) is 6.11. The van der Waals surface area contributed by atoms with Gasteiger partial charge in [-0.3, -0.25) is 4.79 Å². The third-order valence-electron chi connectivity index (χ3n) is 3.30. The lowest BCUT2D eigenvalue weighted by atomic mass is 10.0. The fraction of sp³-hybridized carbons (Fsp3) is 0.429. The van der Waals surface area contributed by atoms with Crippen LogP contribution in [0.25, 0.3) is 0 Å². The summed E-state index contributed by atoms with van der Waals surface area (Å²) in [4.78, 5) is 16.0. The van der Waals surface area contributed by atoms with Crippen molar-refractivity contribution in [3.8, 4) is 6.07 Å². The smallest absolute Gasteiger partial charge is 0.257 e. The maximum Gasteiger partial charge on any atom is 0.257 e. The first-order chi connectivity index (χ1) is 9.11. The van der Waals surface area contributed by atoms with Crippen LogP contribution in [-0.2, 0) is 4.74 Å². The number of rotatable bonds is 4. The number of carbonyl (C=O) groups excluding carboxylic acids is 1. The Kier molecular flexibility index (Phi) is 3.72. The van der Waals surface area contributed by atoms with Gasteiger partial charge in [0.1, 0.15) is 6.04 Å². The van der Waals surface area contributed by atoms with Crippen LogP contribution in [-0.4, -0.2) is 45.2 Å². The zero-order valence-corrected chi connectivity index (χ0v) is 11.4. The van der Waals surface area contributed by atoms with E-state index < -0.39 is 6.04 Å². The average Bonchev–Trinajstić information content (AvgIpc) is 2.68. The standard InChI is InChI=1S/C14H17N3O2/c1-16(2)11-6-4-5-10-12(9-15)17(7-8-19-3)14(18)13(10)11/h4-6,12H,7-8H2,1-3H3. The van der Waals surface area contributed by atoms with Crippen LogP contribution in [0.4, 0.5) is 5.69 Å². The normalized spacial score (nSPS) is 17.3. The molecule has 5 heteroatoms. The summed E-state index contributed by atoms with van der Waals surface area (Å²) in [6.45, 7) is 0.852. The number of anilines is 1. The van der Waals surface area contributed by atoms with Gasteiger partial charge >= 0.3 is 0 Å². The van der Waals surface area contributed by atoms with Gasteiger partial charge in [0.05, 0.1) is 18.2 Å². The van der Waals surface area contributed by atoms with E-state index in [4.69, 9.17) is 4.74 Å². The molecule has 1 aromatic carbocycles. The largest absolute Gasteiger partial charge is 0.383 e. The topological polar surface area (TPSA) is 56.6 Å². The summed E-state index contributed by atoms with van der Waals surface area (Å²) in [5, 5.41) is 9.33. The van der Waals surface area contributed by atoms with Crippen molar-refractivity contribution in [1.29, 1.82) is 5.26 Å². The van der Waals surface area contributed by atoms with Gasteiger partial charge in [-0.05, 0) is 6.07 Å². The SMILES string of the molecule is COCCN1C(=O)c2c(cccc2N(C)C)C1C#N. The number of hydrogen-bond donors (Lipinski definition) is 0. The van der Waals surface area contributed by atoms with Gasteiger partial charge in [-0.25, -0.2) is 0 Å². The molecule has 1 aromatic rings. The minimum atomic E-state index is -0.516. The van der Waals surface area contributed by atoms with Gasteiger partial charge in [-0.1, -0.05) is 12.1 Å². The number of ether oxygens (including phenoxy) is 1. The van der Waals surface area contributed by atoms with Crippen LogP contribution >= 0.6 is 0 Å². The van der Waals surface area contributed by atoms with E-state index in [0.29, 0.717) is 18.7 Å². The second kappa shape index (κ2) is 5.29. The molecule has 1 atom stereocenters. The molecule has 5 nitrogen and oxygen atoms in total. The third-order valence-corrected chi connectivity index (χ3v) is 3.30. The summed E-state index contributed by atoms with van der Waals surface area (Å²) >= 11 is 0. The Hall–Kier alpha value is -2.06. The number of methoxy groups -OCH3 is 1. The molecule has 0 N–H and O–H groups in total. The molecule has 19 heavy (non-hydrogen) atoms. The summed E-state index contributed by atoms with van der Waals surface area (Å²) in [6, 6.07) is 7.31. The van der Waals surface area contributed by atoms with Crippen LogP contribution in [0.3, 0.4) is 0 Å². The van der Waals surface area contributed by atoms with Crippen molar-refractivity contribution in [2.75, 3.05) is 39.3 Å². The van der Waals surface area contributed by atoms with Gasteiger partial charge in [0, 0.05) is 39.0 Å². The van der Waals surface area contributed by atoms with E-state index in [1.165, 1.54) is 0 Å². The van der Waals surface area contributed by atoms with Crippen LogP contribution < -0.4 is 4.90 Å². The highest BCUT2D eigenvalue weighted by molar-refractivity contribution is 6.04. The molecular weight excluding hydrogens is 242 g/mol. The van der Waals surface area contributed by atoms with Crippen molar-refractivity contribution < 1.29 is 9.53 Å².